The molecule has 4 nitrogen and oxygen atoms in total. The third kappa shape index (κ3) is 2.22. The van der Waals surface area contributed by atoms with Gasteiger partial charge in [0.15, 0.2) is 0 Å². The van der Waals surface area contributed by atoms with Crippen molar-refractivity contribution in [3.63, 3.8) is 0 Å². The minimum Gasteiger partial charge on any atom is -0.508 e. The van der Waals surface area contributed by atoms with E-state index >= 15 is 0 Å². The summed E-state index contributed by atoms with van der Waals surface area (Å²) in [5.74, 6) is 2.04. The minimum absolute atomic E-state index is 0.0969. The van der Waals surface area contributed by atoms with Gasteiger partial charge in [0.1, 0.15) is 28.9 Å². The Labute approximate surface area is 151 Å². The van der Waals surface area contributed by atoms with Crippen molar-refractivity contribution in [1.82, 2.24) is 0 Å². The first kappa shape index (κ1) is 15.4. The zero-order valence-corrected chi connectivity index (χ0v) is 14.8. The smallest absolute Gasteiger partial charge is 0.138 e. The van der Waals surface area contributed by atoms with Gasteiger partial charge in [-0.1, -0.05) is 17.7 Å². The molecule has 0 unspecified atom stereocenters. The summed E-state index contributed by atoms with van der Waals surface area (Å²) in [7, 11) is 0. The summed E-state index contributed by atoms with van der Waals surface area (Å²) in [5.41, 5.74) is 5.04. The van der Waals surface area contributed by atoms with Gasteiger partial charge in [0, 0.05) is 28.1 Å². The highest BCUT2D eigenvalue weighted by Gasteiger charge is 2.42. The molecule has 3 aromatic rings. The zero-order valence-electron chi connectivity index (χ0n) is 14.8. The van der Waals surface area contributed by atoms with E-state index in [1.807, 2.05) is 18.2 Å². The molecule has 0 fully saturated rings. The van der Waals surface area contributed by atoms with E-state index in [9.17, 15) is 5.11 Å². The van der Waals surface area contributed by atoms with Gasteiger partial charge in [-0.3, -0.25) is 0 Å². The summed E-state index contributed by atoms with van der Waals surface area (Å²) >= 11 is 0. The maximum atomic E-state index is 10.4. The molecule has 1 N–H and O–H groups in total. The summed E-state index contributed by atoms with van der Waals surface area (Å²) in [5, 5.41) is 11.4. The van der Waals surface area contributed by atoms with Crippen LogP contribution in [-0.4, -0.2) is 11.7 Å². The van der Waals surface area contributed by atoms with Gasteiger partial charge >= 0.3 is 0 Å². The number of phenolic OH excluding ortho intramolecular Hbond substituents is 1. The Balaban J connectivity index is 1.61. The van der Waals surface area contributed by atoms with Crippen molar-refractivity contribution in [2.45, 2.75) is 32.3 Å². The van der Waals surface area contributed by atoms with Crippen molar-refractivity contribution >= 4 is 11.0 Å². The van der Waals surface area contributed by atoms with E-state index in [0.29, 0.717) is 13.0 Å². The number of allylic oxidation sites excluding steroid dienone is 2. The molecular weight excluding hydrogens is 328 g/mol. The van der Waals surface area contributed by atoms with E-state index in [1.165, 1.54) is 5.57 Å². The van der Waals surface area contributed by atoms with Crippen molar-refractivity contribution in [3.8, 4) is 17.2 Å². The van der Waals surface area contributed by atoms with Crippen LogP contribution in [0.15, 0.2) is 52.7 Å². The average molecular weight is 348 g/mol. The number of phenols is 1. The highest BCUT2D eigenvalue weighted by atomic mass is 16.5. The lowest BCUT2D eigenvalue weighted by molar-refractivity contribution is 0.139. The fourth-order valence-electron chi connectivity index (χ4n) is 3.94. The number of furan rings is 1. The first-order chi connectivity index (χ1) is 12.6. The largest absolute Gasteiger partial charge is 0.508 e. The molecule has 0 aliphatic carbocycles. The van der Waals surface area contributed by atoms with E-state index in [1.54, 1.807) is 12.3 Å². The quantitative estimate of drug-likeness (QED) is 0.642. The molecule has 132 valence electrons. The second-order valence-corrected chi connectivity index (χ2v) is 7.27. The maximum absolute atomic E-state index is 10.4. The molecule has 0 amide bonds. The van der Waals surface area contributed by atoms with Crippen molar-refractivity contribution in [1.29, 1.82) is 0 Å². The second-order valence-electron chi connectivity index (χ2n) is 7.27. The predicted molar refractivity (Wildman–Crippen MR) is 99.1 cm³/mol. The van der Waals surface area contributed by atoms with E-state index in [-0.39, 0.29) is 17.8 Å². The number of ether oxygens (including phenoxy) is 2. The fraction of sp³-hybridized carbons (Fsp3) is 0.273. The van der Waals surface area contributed by atoms with Crippen LogP contribution >= 0.6 is 0 Å². The molecule has 0 radical (unpaired) electrons. The predicted octanol–water partition coefficient (Wildman–Crippen LogP) is 5.26. The van der Waals surface area contributed by atoms with Crippen LogP contribution in [0.2, 0.25) is 0 Å². The SMILES string of the molecule is CC(C)=CCc1c(O)ccc2c1O[C@H]1c3cc4ccoc4cc3OC[C@@H]21. The lowest BCUT2D eigenvalue weighted by atomic mass is 9.88. The Morgan fingerprint density at radius 1 is 1.19 bits per heavy atom. The van der Waals surface area contributed by atoms with Gasteiger partial charge in [-0.15, -0.1) is 0 Å². The Hall–Kier alpha value is -2.88. The van der Waals surface area contributed by atoms with Crippen LogP contribution in [0.4, 0.5) is 0 Å². The van der Waals surface area contributed by atoms with Crippen LogP contribution in [0, 0.1) is 0 Å². The molecule has 1 aromatic heterocycles. The maximum Gasteiger partial charge on any atom is 0.138 e. The highest BCUT2D eigenvalue weighted by molar-refractivity contribution is 5.80. The number of hydrogen-bond donors (Lipinski definition) is 1. The molecule has 2 aliphatic rings. The first-order valence-electron chi connectivity index (χ1n) is 8.90. The first-order valence-corrected chi connectivity index (χ1v) is 8.90. The molecule has 2 atom stereocenters. The molecular formula is C22H20O4. The lowest BCUT2D eigenvalue weighted by Gasteiger charge is -2.27. The van der Waals surface area contributed by atoms with Crippen molar-refractivity contribution in [2.75, 3.05) is 6.61 Å². The van der Waals surface area contributed by atoms with E-state index in [4.69, 9.17) is 13.9 Å². The van der Waals surface area contributed by atoms with Gasteiger partial charge in [-0.2, -0.15) is 0 Å². The minimum atomic E-state index is -0.0969. The van der Waals surface area contributed by atoms with E-state index in [2.05, 4.69) is 26.0 Å². The summed E-state index contributed by atoms with van der Waals surface area (Å²) in [6, 6.07) is 9.72. The molecule has 4 heteroatoms. The number of aromatic hydroxyl groups is 1. The second kappa shape index (κ2) is 5.56. The van der Waals surface area contributed by atoms with Gasteiger partial charge in [-0.25, -0.2) is 0 Å². The molecule has 5 rings (SSSR count). The van der Waals surface area contributed by atoms with Gasteiger partial charge in [0.2, 0.25) is 0 Å². The monoisotopic (exact) mass is 348 g/mol. The van der Waals surface area contributed by atoms with Crippen molar-refractivity contribution in [2.24, 2.45) is 0 Å². The van der Waals surface area contributed by atoms with Gasteiger partial charge in [-0.05, 0) is 38.5 Å². The zero-order chi connectivity index (χ0) is 17.8. The molecule has 0 saturated heterocycles. The summed E-state index contributed by atoms with van der Waals surface area (Å²) < 4.78 is 17.9. The highest BCUT2D eigenvalue weighted by Crippen LogP contribution is 2.54. The number of benzene rings is 2. The van der Waals surface area contributed by atoms with Crippen LogP contribution < -0.4 is 9.47 Å². The van der Waals surface area contributed by atoms with Crippen LogP contribution in [-0.2, 0) is 6.42 Å². The molecule has 0 bridgehead atoms. The Morgan fingerprint density at radius 3 is 2.92 bits per heavy atom. The van der Waals surface area contributed by atoms with Gasteiger partial charge in [0.05, 0.1) is 18.8 Å². The fourth-order valence-corrected chi connectivity index (χ4v) is 3.94. The Bertz CT molecular complexity index is 1040. The van der Waals surface area contributed by atoms with Crippen LogP contribution in [0.1, 0.15) is 42.6 Å². The van der Waals surface area contributed by atoms with Gasteiger partial charge in [0.25, 0.3) is 0 Å². The van der Waals surface area contributed by atoms with Crippen LogP contribution in [0.25, 0.3) is 11.0 Å². The number of hydrogen-bond acceptors (Lipinski definition) is 4. The Kier molecular flexibility index (Phi) is 3.29. The summed E-state index contributed by atoms with van der Waals surface area (Å²) in [6.07, 6.45) is 4.36. The van der Waals surface area contributed by atoms with Crippen molar-refractivity contribution in [3.05, 3.63) is 64.9 Å². The number of rotatable bonds is 2. The topological polar surface area (TPSA) is 51.8 Å². The molecule has 0 spiro atoms. The summed E-state index contributed by atoms with van der Waals surface area (Å²) in [6.45, 7) is 4.67. The third-order valence-corrected chi connectivity index (χ3v) is 5.30. The lowest BCUT2D eigenvalue weighted by Crippen LogP contribution is -2.23. The third-order valence-electron chi connectivity index (χ3n) is 5.30. The molecule has 26 heavy (non-hydrogen) atoms. The standard InChI is InChI=1S/C22H20O4/c1-12(2)3-4-15-18(23)6-5-14-17-11-25-20-10-19-13(7-8-24-19)9-16(20)22(17)26-21(14)15/h3,5-10,17,22-23H,4,11H2,1-2H3/t17-,22-/m0/s1. The van der Waals surface area contributed by atoms with Crippen LogP contribution in [0.5, 0.6) is 17.2 Å². The molecule has 2 aliphatic heterocycles. The number of fused-ring (bicyclic) bond motifs is 6. The normalized spacial score (nSPS) is 19.9. The van der Waals surface area contributed by atoms with Crippen LogP contribution in [0.3, 0.4) is 0 Å². The van der Waals surface area contributed by atoms with E-state index < -0.39 is 0 Å². The van der Waals surface area contributed by atoms with E-state index in [0.717, 1.165) is 39.2 Å². The molecule has 3 heterocycles. The van der Waals surface area contributed by atoms with Gasteiger partial charge < -0.3 is 19.0 Å². The molecule has 0 saturated carbocycles. The molecule has 2 aromatic carbocycles. The summed E-state index contributed by atoms with van der Waals surface area (Å²) in [4.78, 5) is 0. The Morgan fingerprint density at radius 2 is 2.08 bits per heavy atom. The average Bonchev–Trinajstić information content (AvgIpc) is 3.22. The van der Waals surface area contributed by atoms with Crippen molar-refractivity contribution < 1.29 is 19.0 Å².